The summed E-state index contributed by atoms with van der Waals surface area (Å²) in [5.41, 5.74) is 2.09. The van der Waals surface area contributed by atoms with Crippen molar-refractivity contribution < 1.29 is 13.5 Å². The van der Waals surface area contributed by atoms with Crippen molar-refractivity contribution in [1.82, 2.24) is 0 Å². The van der Waals surface area contributed by atoms with Crippen LogP contribution in [0.5, 0.6) is 5.75 Å². The number of anilines is 1. The molecule has 0 bridgehead atoms. The monoisotopic (exact) mass is 341 g/mol. The van der Waals surface area contributed by atoms with Crippen molar-refractivity contribution in [3.63, 3.8) is 0 Å². The maximum Gasteiger partial charge on any atom is 0.229 e. The first-order chi connectivity index (χ1) is 8.83. The largest absolute Gasteiger partial charge is 0.508 e. The van der Waals surface area contributed by atoms with Crippen LogP contribution in [-0.2, 0) is 10.0 Å². The summed E-state index contributed by atoms with van der Waals surface area (Å²) in [6.07, 6.45) is 1.10. The second-order valence-electron chi connectivity index (χ2n) is 4.15. The van der Waals surface area contributed by atoms with Gasteiger partial charge in [-0.05, 0) is 41.5 Å². The summed E-state index contributed by atoms with van der Waals surface area (Å²) in [5, 5.41) is 9.57. The summed E-state index contributed by atoms with van der Waals surface area (Å²) in [4.78, 5) is 0. The van der Waals surface area contributed by atoms with Crippen LogP contribution in [0.15, 0.2) is 46.9 Å². The fourth-order valence-corrected chi connectivity index (χ4v) is 2.75. The number of hydrogen-bond acceptors (Lipinski definition) is 3. The number of sulfonamides is 1. The summed E-state index contributed by atoms with van der Waals surface area (Å²) in [6, 6.07) is 12.0. The number of nitrogens with one attached hydrogen (secondary N) is 1. The Hall–Kier alpha value is -1.53. The highest BCUT2D eigenvalue weighted by Gasteiger charge is 2.05. The molecule has 0 aliphatic heterocycles. The zero-order valence-electron chi connectivity index (χ0n) is 10.1. The van der Waals surface area contributed by atoms with E-state index < -0.39 is 10.0 Å². The van der Waals surface area contributed by atoms with Gasteiger partial charge in [-0.1, -0.05) is 28.1 Å². The normalized spacial score (nSPS) is 11.3. The minimum absolute atomic E-state index is 0.144. The summed E-state index contributed by atoms with van der Waals surface area (Å²) in [7, 11) is -3.30. The molecule has 0 aromatic heterocycles. The predicted molar refractivity (Wildman–Crippen MR) is 79.7 cm³/mol. The molecule has 0 aliphatic carbocycles. The first-order valence-corrected chi connectivity index (χ1v) is 8.10. The molecule has 0 heterocycles. The molecule has 0 aliphatic rings. The van der Waals surface area contributed by atoms with Gasteiger partial charge in [0.2, 0.25) is 10.0 Å². The molecule has 0 fully saturated rings. The Kier molecular flexibility index (Phi) is 3.82. The van der Waals surface area contributed by atoms with Crippen molar-refractivity contribution in [2.45, 2.75) is 0 Å². The molecular formula is C13H12BrNO3S. The summed E-state index contributed by atoms with van der Waals surface area (Å²) in [5.74, 6) is 0.144. The third kappa shape index (κ3) is 3.97. The summed E-state index contributed by atoms with van der Waals surface area (Å²) < 4.78 is 25.6. The van der Waals surface area contributed by atoms with Gasteiger partial charge < -0.3 is 5.11 Å². The maximum atomic E-state index is 11.2. The smallest absolute Gasteiger partial charge is 0.229 e. The van der Waals surface area contributed by atoms with E-state index in [4.69, 9.17) is 0 Å². The van der Waals surface area contributed by atoms with Crippen molar-refractivity contribution in [2.75, 3.05) is 11.0 Å². The molecule has 4 nitrogen and oxygen atoms in total. The van der Waals surface area contributed by atoms with Crippen molar-refractivity contribution in [3.8, 4) is 16.9 Å². The van der Waals surface area contributed by atoms with E-state index in [1.54, 1.807) is 30.3 Å². The number of benzene rings is 2. The van der Waals surface area contributed by atoms with Crippen molar-refractivity contribution in [1.29, 1.82) is 0 Å². The van der Waals surface area contributed by atoms with Crippen LogP contribution in [0.2, 0.25) is 0 Å². The second-order valence-corrected chi connectivity index (χ2v) is 6.82. The van der Waals surface area contributed by atoms with Crippen LogP contribution in [-0.4, -0.2) is 19.8 Å². The number of hydrogen-bond donors (Lipinski definition) is 2. The van der Waals surface area contributed by atoms with Crippen molar-refractivity contribution in [2.24, 2.45) is 0 Å². The van der Waals surface area contributed by atoms with E-state index in [2.05, 4.69) is 20.7 Å². The second kappa shape index (κ2) is 5.22. The molecule has 19 heavy (non-hydrogen) atoms. The Bertz CT molecular complexity index is 693. The van der Waals surface area contributed by atoms with Crippen LogP contribution >= 0.6 is 15.9 Å². The molecule has 0 radical (unpaired) electrons. The Morgan fingerprint density at radius 2 is 1.84 bits per heavy atom. The van der Waals surface area contributed by atoms with Crippen LogP contribution < -0.4 is 4.72 Å². The molecule has 0 atom stereocenters. The lowest BCUT2D eigenvalue weighted by atomic mass is 10.1. The zero-order chi connectivity index (χ0) is 14.0. The van der Waals surface area contributed by atoms with E-state index >= 15 is 0 Å². The fraction of sp³-hybridized carbons (Fsp3) is 0.0769. The van der Waals surface area contributed by atoms with Gasteiger partial charge in [0.25, 0.3) is 0 Å². The average Bonchev–Trinajstić information content (AvgIpc) is 2.25. The van der Waals surface area contributed by atoms with E-state index in [0.29, 0.717) is 5.69 Å². The minimum Gasteiger partial charge on any atom is -0.508 e. The standard InChI is InChI=1S/C13H12BrNO3S/c1-19(17,18)15-12-4-2-3-9(6-12)10-5-11(14)8-13(16)7-10/h2-8,15-16H,1H3. The van der Waals surface area contributed by atoms with Gasteiger partial charge in [0.05, 0.1) is 6.26 Å². The molecule has 2 N–H and O–H groups in total. The van der Waals surface area contributed by atoms with Gasteiger partial charge in [-0.25, -0.2) is 8.42 Å². The third-order valence-corrected chi connectivity index (χ3v) is 3.45. The van der Waals surface area contributed by atoms with Gasteiger partial charge >= 0.3 is 0 Å². The van der Waals surface area contributed by atoms with E-state index in [-0.39, 0.29) is 5.75 Å². The van der Waals surface area contributed by atoms with Gasteiger partial charge in [0.15, 0.2) is 0 Å². The SMILES string of the molecule is CS(=O)(=O)Nc1cccc(-c2cc(O)cc(Br)c2)c1. The first kappa shape index (κ1) is 13.9. The number of aromatic hydroxyl groups is 1. The van der Waals surface area contributed by atoms with Gasteiger partial charge in [-0.2, -0.15) is 0 Å². The third-order valence-electron chi connectivity index (χ3n) is 2.38. The Morgan fingerprint density at radius 1 is 1.11 bits per heavy atom. The van der Waals surface area contributed by atoms with Gasteiger partial charge in [-0.3, -0.25) is 4.72 Å². The highest BCUT2D eigenvalue weighted by molar-refractivity contribution is 9.10. The molecule has 100 valence electrons. The number of phenols is 1. The predicted octanol–water partition coefficient (Wildman–Crippen LogP) is 3.19. The van der Waals surface area contributed by atoms with E-state index in [1.807, 2.05) is 12.1 Å². The molecule has 0 saturated heterocycles. The number of phenolic OH excluding ortho intramolecular Hbond substituents is 1. The van der Waals surface area contributed by atoms with Crippen LogP contribution in [0.1, 0.15) is 0 Å². The van der Waals surface area contributed by atoms with Crippen molar-refractivity contribution in [3.05, 3.63) is 46.9 Å². The van der Waals surface area contributed by atoms with Crippen molar-refractivity contribution >= 4 is 31.6 Å². The molecule has 6 heteroatoms. The lowest BCUT2D eigenvalue weighted by molar-refractivity contribution is 0.475. The Morgan fingerprint density at radius 3 is 2.47 bits per heavy atom. The number of rotatable bonds is 3. The number of halogens is 1. The first-order valence-electron chi connectivity index (χ1n) is 5.41. The quantitative estimate of drug-likeness (QED) is 0.900. The highest BCUT2D eigenvalue weighted by atomic mass is 79.9. The Labute approximate surface area is 120 Å². The molecule has 2 aromatic carbocycles. The maximum absolute atomic E-state index is 11.2. The Balaban J connectivity index is 2.43. The summed E-state index contributed by atoms with van der Waals surface area (Å²) >= 11 is 3.31. The van der Waals surface area contributed by atoms with E-state index in [9.17, 15) is 13.5 Å². The fourth-order valence-electron chi connectivity index (χ4n) is 1.72. The molecular weight excluding hydrogens is 330 g/mol. The topological polar surface area (TPSA) is 66.4 Å². The van der Waals surface area contributed by atoms with Crippen LogP contribution in [0.3, 0.4) is 0 Å². The molecule has 0 amide bonds. The average molecular weight is 342 g/mol. The molecule has 2 rings (SSSR count). The lowest BCUT2D eigenvalue weighted by Crippen LogP contribution is -2.09. The highest BCUT2D eigenvalue weighted by Crippen LogP contribution is 2.29. The van der Waals surface area contributed by atoms with Crippen LogP contribution in [0.25, 0.3) is 11.1 Å². The van der Waals surface area contributed by atoms with Gasteiger partial charge in [-0.15, -0.1) is 0 Å². The minimum atomic E-state index is -3.30. The molecule has 0 saturated carbocycles. The van der Waals surface area contributed by atoms with Gasteiger partial charge in [0.1, 0.15) is 5.75 Å². The van der Waals surface area contributed by atoms with Crippen LogP contribution in [0, 0.1) is 0 Å². The molecule has 2 aromatic rings. The van der Waals surface area contributed by atoms with E-state index in [0.717, 1.165) is 21.9 Å². The van der Waals surface area contributed by atoms with Gasteiger partial charge in [0, 0.05) is 10.2 Å². The lowest BCUT2D eigenvalue weighted by Gasteiger charge is -2.08. The summed E-state index contributed by atoms with van der Waals surface area (Å²) in [6.45, 7) is 0. The van der Waals surface area contributed by atoms with Crippen LogP contribution in [0.4, 0.5) is 5.69 Å². The van der Waals surface area contributed by atoms with E-state index in [1.165, 1.54) is 0 Å². The molecule has 0 unspecified atom stereocenters. The zero-order valence-corrected chi connectivity index (χ0v) is 12.5. The molecule has 0 spiro atoms.